The van der Waals surface area contributed by atoms with Gasteiger partial charge in [-0.05, 0) is 52.7 Å². The topological polar surface area (TPSA) is 50.9 Å². The molecule has 0 spiro atoms. The van der Waals surface area contributed by atoms with Gasteiger partial charge >= 0.3 is 6.03 Å². The van der Waals surface area contributed by atoms with Gasteiger partial charge in [-0.3, -0.25) is 9.80 Å². The van der Waals surface area contributed by atoms with Crippen LogP contribution in [0.15, 0.2) is 0 Å². The molecule has 2 aliphatic heterocycles. The molecule has 24 heavy (non-hydrogen) atoms. The average molecular weight is 340 g/mol. The van der Waals surface area contributed by atoms with Crippen LogP contribution in [-0.4, -0.2) is 92.2 Å². The van der Waals surface area contributed by atoms with Crippen molar-refractivity contribution >= 4 is 6.03 Å². The molecular formula is C18H37N5O. The molecule has 0 aromatic rings. The van der Waals surface area contributed by atoms with E-state index in [1.807, 2.05) is 0 Å². The lowest BCUT2D eigenvalue weighted by molar-refractivity contribution is 0.0410. The van der Waals surface area contributed by atoms with E-state index in [9.17, 15) is 4.79 Å². The molecule has 140 valence electrons. The van der Waals surface area contributed by atoms with Gasteiger partial charge in [-0.25, -0.2) is 4.79 Å². The molecule has 0 radical (unpaired) electrons. The van der Waals surface area contributed by atoms with Gasteiger partial charge in [0.25, 0.3) is 0 Å². The van der Waals surface area contributed by atoms with Crippen LogP contribution in [-0.2, 0) is 0 Å². The number of carbonyl (C=O) groups is 1. The summed E-state index contributed by atoms with van der Waals surface area (Å²) in [5, 5.41) is 6.05. The molecule has 0 aromatic heterocycles. The number of nitrogens with zero attached hydrogens (tertiary/aromatic N) is 3. The zero-order valence-corrected chi connectivity index (χ0v) is 16.1. The van der Waals surface area contributed by atoms with Crippen molar-refractivity contribution in [3.05, 3.63) is 0 Å². The zero-order valence-electron chi connectivity index (χ0n) is 16.1. The van der Waals surface area contributed by atoms with Crippen LogP contribution in [0.4, 0.5) is 4.79 Å². The molecule has 6 nitrogen and oxygen atoms in total. The summed E-state index contributed by atoms with van der Waals surface area (Å²) in [7, 11) is 2.19. The maximum atomic E-state index is 12.0. The molecule has 1 unspecified atom stereocenters. The van der Waals surface area contributed by atoms with Crippen molar-refractivity contribution in [3.8, 4) is 0 Å². The number of urea groups is 1. The van der Waals surface area contributed by atoms with Gasteiger partial charge < -0.3 is 15.5 Å². The van der Waals surface area contributed by atoms with Gasteiger partial charge in [-0.2, -0.15) is 0 Å². The van der Waals surface area contributed by atoms with Crippen LogP contribution < -0.4 is 10.6 Å². The second-order valence-corrected chi connectivity index (χ2v) is 8.10. The van der Waals surface area contributed by atoms with E-state index in [2.05, 4.69) is 53.2 Å². The number of likely N-dealkylation sites (tertiary alicyclic amines) is 1. The van der Waals surface area contributed by atoms with Crippen LogP contribution >= 0.6 is 0 Å². The minimum atomic E-state index is -0.0164. The van der Waals surface area contributed by atoms with Crippen LogP contribution in [0, 0.1) is 5.92 Å². The van der Waals surface area contributed by atoms with E-state index in [1.165, 1.54) is 25.9 Å². The number of hydrogen-bond donors (Lipinski definition) is 2. The van der Waals surface area contributed by atoms with Crippen molar-refractivity contribution in [2.45, 2.75) is 39.2 Å². The van der Waals surface area contributed by atoms with E-state index in [4.69, 9.17) is 0 Å². The fraction of sp³-hybridized carbons (Fsp3) is 0.944. The van der Waals surface area contributed by atoms with Gasteiger partial charge in [0, 0.05) is 51.4 Å². The quantitative estimate of drug-likeness (QED) is 0.728. The number of carbonyl (C=O) groups excluding carboxylic acids is 1. The third kappa shape index (κ3) is 5.90. The molecule has 2 rings (SSSR count). The predicted octanol–water partition coefficient (Wildman–Crippen LogP) is 1.04. The van der Waals surface area contributed by atoms with Crippen molar-refractivity contribution in [1.82, 2.24) is 25.3 Å². The summed E-state index contributed by atoms with van der Waals surface area (Å²) in [6.07, 6.45) is 2.42. The normalized spacial score (nSPS) is 25.8. The lowest BCUT2D eigenvalue weighted by atomic mass is 10.00. The first-order chi connectivity index (χ1) is 11.4. The van der Waals surface area contributed by atoms with E-state index >= 15 is 0 Å². The van der Waals surface area contributed by atoms with Gasteiger partial charge in [0.05, 0.1) is 0 Å². The van der Waals surface area contributed by atoms with Gasteiger partial charge in [0.2, 0.25) is 0 Å². The highest BCUT2D eigenvalue weighted by Crippen LogP contribution is 2.18. The van der Waals surface area contributed by atoms with Gasteiger partial charge in [0.15, 0.2) is 0 Å². The van der Waals surface area contributed by atoms with Crippen LogP contribution in [0.2, 0.25) is 0 Å². The highest BCUT2D eigenvalue weighted by atomic mass is 16.2. The summed E-state index contributed by atoms with van der Waals surface area (Å²) >= 11 is 0. The maximum absolute atomic E-state index is 12.0. The molecule has 2 fully saturated rings. The molecule has 0 bridgehead atoms. The van der Waals surface area contributed by atoms with E-state index in [0.717, 1.165) is 45.8 Å². The first kappa shape index (κ1) is 19.5. The van der Waals surface area contributed by atoms with Gasteiger partial charge in [-0.1, -0.05) is 6.92 Å². The molecule has 2 heterocycles. The third-order valence-electron chi connectivity index (χ3n) is 5.57. The number of hydrogen-bond acceptors (Lipinski definition) is 4. The number of nitrogens with one attached hydrogen (secondary N) is 2. The Kier molecular flexibility index (Phi) is 7.32. The van der Waals surface area contributed by atoms with Crippen LogP contribution in [0.5, 0.6) is 0 Å². The highest BCUT2D eigenvalue weighted by molar-refractivity contribution is 5.73. The number of piperazine rings is 1. The lowest BCUT2D eigenvalue weighted by Crippen LogP contribution is -2.58. The number of rotatable bonds is 7. The Morgan fingerprint density at radius 2 is 1.92 bits per heavy atom. The first-order valence-electron chi connectivity index (χ1n) is 9.58. The predicted molar refractivity (Wildman–Crippen MR) is 99.4 cm³/mol. The van der Waals surface area contributed by atoms with Crippen molar-refractivity contribution in [1.29, 1.82) is 0 Å². The second-order valence-electron chi connectivity index (χ2n) is 8.10. The minimum absolute atomic E-state index is 0.0164. The fourth-order valence-electron chi connectivity index (χ4n) is 3.76. The summed E-state index contributed by atoms with van der Waals surface area (Å²) < 4.78 is 0. The van der Waals surface area contributed by atoms with Gasteiger partial charge in [0.1, 0.15) is 0 Å². The minimum Gasteiger partial charge on any atom is -0.338 e. The molecule has 2 amide bonds. The third-order valence-corrected chi connectivity index (χ3v) is 5.57. The SMILES string of the molecule is CCCN1CCC(CNC(=O)NCCN2CCN(C)C(C)(C)C2)C1. The van der Waals surface area contributed by atoms with Crippen molar-refractivity contribution < 1.29 is 4.79 Å². The monoisotopic (exact) mass is 339 g/mol. The van der Waals surface area contributed by atoms with Crippen molar-refractivity contribution in [2.75, 3.05) is 66.0 Å². The standard InChI is InChI=1S/C18H37N5O/c1-5-8-22-9-6-16(14-22)13-20-17(24)19-7-10-23-12-11-21(4)18(2,3)15-23/h16H,5-15H2,1-4H3,(H2,19,20,24). The molecular weight excluding hydrogens is 302 g/mol. The largest absolute Gasteiger partial charge is 0.338 e. The Balaban J connectivity index is 1.56. The number of likely N-dealkylation sites (N-methyl/N-ethyl adjacent to an activating group) is 1. The smallest absolute Gasteiger partial charge is 0.314 e. The Morgan fingerprint density at radius 3 is 2.62 bits per heavy atom. The molecule has 0 aliphatic carbocycles. The first-order valence-corrected chi connectivity index (χ1v) is 9.58. The van der Waals surface area contributed by atoms with Crippen molar-refractivity contribution in [3.63, 3.8) is 0 Å². The lowest BCUT2D eigenvalue weighted by Gasteiger charge is -2.45. The average Bonchev–Trinajstić information content (AvgIpc) is 2.97. The number of amides is 2. The molecule has 2 saturated heterocycles. The Bertz CT molecular complexity index is 401. The molecule has 1 atom stereocenters. The van der Waals surface area contributed by atoms with E-state index in [-0.39, 0.29) is 11.6 Å². The molecule has 2 aliphatic rings. The van der Waals surface area contributed by atoms with Crippen LogP contribution in [0.25, 0.3) is 0 Å². The summed E-state index contributed by atoms with van der Waals surface area (Å²) in [6.45, 7) is 16.0. The molecule has 0 aromatic carbocycles. The summed E-state index contributed by atoms with van der Waals surface area (Å²) in [6, 6.07) is -0.0164. The van der Waals surface area contributed by atoms with E-state index in [0.29, 0.717) is 5.92 Å². The summed E-state index contributed by atoms with van der Waals surface area (Å²) in [5.74, 6) is 0.612. The maximum Gasteiger partial charge on any atom is 0.314 e. The molecule has 2 N–H and O–H groups in total. The van der Waals surface area contributed by atoms with Crippen LogP contribution in [0.1, 0.15) is 33.6 Å². The Hall–Kier alpha value is -0.850. The van der Waals surface area contributed by atoms with Gasteiger partial charge in [-0.15, -0.1) is 0 Å². The highest BCUT2D eigenvalue weighted by Gasteiger charge is 2.30. The molecule has 0 saturated carbocycles. The summed E-state index contributed by atoms with van der Waals surface area (Å²) in [4.78, 5) is 19.3. The molecule has 6 heteroatoms. The van der Waals surface area contributed by atoms with E-state index < -0.39 is 0 Å². The van der Waals surface area contributed by atoms with Crippen LogP contribution in [0.3, 0.4) is 0 Å². The second kappa shape index (κ2) is 9.02. The Labute approximate surface area is 147 Å². The summed E-state index contributed by atoms with van der Waals surface area (Å²) in [5.41, 5.74) is 0.216. The zero-order chi connectivity index (χ0) is 17.6. The van der Waals surface area contributed by atoms with Crippen molar-refractivity contribution in [2.24, 2.45) is 5.92 Å². The van der Waals surface area contributed by atoms with E-state index in [1.54, 1.807) is 0 Å². The Morgan fingerprint density at radius 1 is 1.12 bits per heavy atom. The fourth-order valence-corrected chi connectivity index (χ4v) is 3.76.